The van der Waals surface area contributed by atoms with Crippen LogP contribution in [0.4, 0.5) is 0 Å². The molecule has 90 valence electrons. The van der Waals surface area contributed by atoms with E-state index in [0.29, 0.717) is 5.75 Å². The fourth-order valence-corrected chi connectivity index (χ4v) is 1.07. The molecule has 0 aromatic carbocycles. The maximum Gasteiger partial charge on any atom is 0.258 e. The number of aliphatic hydroxyl groups excluding tert-OH is 1. The summed E-state index contributed by atoms with van der Waals surface area (Å²) in [5, 5.41) is 15.1. The third-order valence-electron chi connectivity index (χ3n) is 1.91. The number of carbonyl (C=O) groups excluding carboxylic acids is 1. The van der Waals surface area contributed by atoms with Gasteiger partial charge in [-0.2, -0.15) is 5.10 Å². The van der Waals surface area contributed by atoms with Crippen molar-refractivity contribution in [3.8, 4) is 5.75 Å². The Morgan fingerprint density at radius 2 is 2.44 bits per heavy atom. The van der Waals surface area contributed by atoms with Crippen LogP contribution in [0.5, 0.6) is 5.75 Å². The van der Waals surface area contributed by atoms with Crippen LogP contribution in [0.3, 0.4) is 0 Å². The zero-order valence-electron chi connectivity index (χ0n) is 9.51. The summed E-state index contributed by atoms with van der Waals surface area (Å²) in [4.78, 5) is 11.1. The van der Waals surface area contributed by atoms with Crippen LogP contribution in [0, 0.1) is 0 Å². The summed E-state index contributed by atoms with van der Waals surface area (Å²) in [6.07, 6.45) is 3.31. The van der Waals surface area contributed by atoms with E-state index in [1.165, 1.54) is 0 Å². The highest BCUT2D eigenvalue weighted by Crippen LogP contribution is 2.11. The minimum atomic E-state index is -0.258. The van der Waals surface area contributed by atoms with E-state index in [0.717, 1.165) is 0 Å². The van der Waals surface area contributed by atoms with Crippen LogP contribution >= 0.6 is 0 Å². The first kappa shape index (κ1) is 12.5. The number of nitrogens with one attached hydrogen (secondary N) is 1. The number of aromatic nitrogens is 2. The van der Waals surface area contributed by atoms with Gasteiger partial charge >= 0.3 is 0 Å². The van der Waals surface area contributed by atoms with Crippen molar-refractivity contribution in [1.82, 2.24) is 15.1 Å². The molecule has 0 radical (unpaired) electrons. The van der Waals surface area contributed by atoms with E-state index in [1.807, 2.05) is 13.8 Å². The summed E-state index contributed by atoms with van der Waals surface area (Å²) < 4.78 is 6.97. The van der Waals surface area contributed by atoms with Crippen molar-refractivity contribution in [2.75, 3.05) is 19.8 Å². The van der Waals surface area contributed by atoms with Gasteiger partial charge in [0, 0.05) is 12.6 Å². The Kier molecular flexibility index (Phi) is 4.78. The van der Waals surface area contributed by atoms with Crippen LogP contribution in [-0.2, 0) is 4.79 Å². The highest BCUT2D eigenvalue weighted by atomic mass is 16.5. The van der Waals surface area contributed by atoms with Crippen molar-refractivity contribution in [2.24, 2.45) is 0 Å². The molecule has 0 bridgehead atoms. The predicted octanol–water partition coefficient (Wildman–Crippen LogP) is -0.0487. The molecule has 0 saturated heterocycles. The Bertz CT molecular complexity index is 336. The summed E-state index contributed by atoms with van der Waals surface area (Å²) in [5.74, 6) is 0.305. The molecule has 0 saturated carbocycles. The van der Waals surface area contributed by atoms with E-state index < -0.39 is 0 Å². The first-order chi connectivity index (χ1) is 7.63. The summed E-state index contributed by atoms with van der Waals surface area (Å²) >= 11 is 0. The summed E-state index contributed by atoms with van der Waals surface area (Å²) in [5.41, 5.74) is 0. The average Bonchev–Trinajstić information content (AvgIpc) is 2.72. The Balaban J connectivity index is 2.33. The maximum atomic E-state index is 11.1. The van der Waals surface area contributed by atoms with Crippen molar-refractivity contribution in [1.29, 1.82) is 0 Å². The second-order valence-electron chi connectivity index (χ2n) is 3.61. The largest absolute Gasteiger partial charge is 0.480 e. The molecule has 0 atom stereocenters. The highest BCUT2D eigenvalue weighted by molar-refractivity contribution is 5.77. The molecule has 1 rings (SSSR count). The molecular weight excluding hydrogens is 210 g/mol. The van der Waals surface area contributed by atoms with Gasteiger partial charge in [0.1, 0.15) is 0 Å². The number of rotatable bonds is 6. The minimum Gasteiger partial charge on any atom is -0.480 e. The van der Waals surface area contributed by atoms with E-state index in [9.17, 15) is 4.79 Å². The fraction of sp³-hybridized carbons (Fsp3) is 0.600. The first-order valence-corrected chi connectivity index (χ1v) is 5.18. The van der Waals surface area contributed by atoms with Crippen LogP contribution in [0.1, 0.15) is 19.9 Å². The third kappa shape index (κ3) is 3.90. The Morgan fingerprint density at radius 3 is 3.00 bits per heavy atom. The number of carbonyl (C=O) groups is 1. The predicted molar refractivity (Wildman–Crippen MR) is 58.2 cm³/mol. The molecule has 0 aliphatic rings. The van der Waals surface area contributed by atoms with Crippen LogP contribution < -0.4 is 10.1 Å². The van der Waals surface area contributed by atoms with Gasteiger partial charge in [-0.15, -0.1) is 0 Å². The van der Waals surface area contributed by atoms with E-state index in [-0.39, 0.29) is 31.7 Å². The van der Waals surface area contributed by atoms with Gasteiger partial charge < -0.3 is 15.2 Å². The van der Waals surface area contributed by atoms with Crippen LogP contribution in [0.25, 0.3) is 0 Å². The molecule has 0 aliphatic heterocycles. The van der Waals surface area contributed by atoms with Crippen LogP contribution in [0.2, 0.25) is 0 Å². The van der Waals surface area contributed by atoms with Gasteiger partial charge in [0.2, 0.25) is 0 Å². The van der Waals surface area contributed by atoms with Crippen molar-refractivity contribution >= 4 is 5.91 Å². The van der Waals surface area contributed by atoms with Crippen LogP contribution in [0.15, 0.2) is 12.4 Å². The zero-order valence-corrected chi connectivity index (χ0v) is 9.51. The van der Waals surface area contributed by atoms with Crippen molar-refractivity contribution in [2.45, 2.75) is 19.9 Å². The maximum absolute atomic E-state index is 11.1. The lowest BCUT2D eigenvalue weighted by Crippen LogP contribution is -2.31. The molecule has 1 aromatic heterocycles. The monoisotopic (exact) mass is 227 g/mol. The highest BCUT2D eigenvalue weighted by Gasteiger charge is 2.05. The lowest BCUT2D eigenvalue weighted by Gasteiger charge is -2.05. The van der Waals surface area contributed by atoms with E-state index in [2.05, 4.69) is 10.4 Å². The number of nitrogens with zero attached hydrogens (tertiary/aromatic N) is 2. The van der Waals surface area contributed by atoms with Crippen molar-refractivity contribution in [3.63, 3.8) is 0 Å². The molecule has 0 spiro atoms. The normalized spacial score (nSPS) is 10.5. The molecule has 1 amide bonds. The van der Waals surface area contributed by atoms with Crippen molar-refractivity contribution < 1.29 is 14.6 Å². The summed E-state index contributed by atoms with van der Waals surface area (Å²) in [7, 11) is 0. The molecule has 1 aromatic rings. The van der Waals surface area contributed by atoms with Gasteiger partial charge in [0.25, 0.3) is 5.91 Å². The Labute approximate surface area is 94.2 Å². The van der Waals surface area contributed by atoms with Crippen LogP contribution in [-0.4, -0.2) is 40.6 Å². The zero-order chi connectivity index (χ0) is 12.0. The molecule has 6 nitrogen and oxygen atoms in total. The smallest absolute Gasteiger partial charge is 0.258 e. The third-order valence-corrected chi connectivity index (χ3v) is 1.91. The van der Waals surface area contributed by atoms with Gasteiger partial charge in [-0.1, -0.05) is 0 Å². The number of hydrogen-bond acceptors (Lipinski definition) is 4. The number of amides is 1. The first-order valence-electron chi connectivity index (χ1n) is 5.18. The van der Waals surface area contributed by atoms with Crippen molar-refractivity contribution in [3.05, 3.63) is 12.4 Å². The Hall–Kier alpha value is -1.56. The quantitative estimate of drug-likeness (QED) is 0.714. The standard InChI is InChI=1S/C10H17N3O3/c1-8(2)13-6-9(5-12-13)16-7-10(15)11-3-4-14/h5-6,8,14H,3-4,7H2,1-2H3,(H,11,15). The molecule has 6 heteroatoms. The molecule has 2 N–H and O–H groups in total. The van der Waals surface area contributed by atoms with E-state index in [1.54, 1.807) is 17.1 Å². The fourth-order valence-electron chi connectivity index (χ4n) is 1.07. The molecule has 1 heterocycles. The molecule has 16 heavy (non-hydrogen) atoms. The summed E-state index contributed by atoms with van der Waals surface area (Å²) in [6.45, 7) is 4.11. The minimum absolute atomic E-state index is 0.0657. The SMILES string of the molecule is CC(C)n1cc(OCC(=O)NCCO)cn1. The second kappa shape index (κ2) is 6.12. The molecule has 0 unspecified atom stereocenters. The van der Waals surface area contributed by atoms with Gasteiger partial charge in [0.05, 0.1) is 19.0 Å². The molecular formula is C10H17N3O3. The average molecular weight is 227 g/mol. The van der Waals surface area contributed by atoms with E-state index >= 15 is 0 Å². The Morgan fingerprint density at radius 1 is 1.69 bits per heavy atom. The summed E-state index contributed by atoms with van der Waals surface area (Å²) in [6, 6.07) is 0.264. The molecule has 0 fully saturated rings. The second-order valence-corrected chi connectivity index (χ2v) is 3.61. The van der Waals surface area contributed by atoms with Gasteiger partial charge in [-0.25, -0.2) is 0 Å². The lowest BCUT2D eigenvalue weighted by molar-refractivity contribution is -0.123. The number of aliphatic hydroxyl groups is 1. The molecule has 0 aliphatic carbocycles. The number of hydrogen-bond donors (Lipinski definition) is 2. The van der Waals surface area contributed by atoms with Gasteiger partial charge in [0.15, 0.2) is 12.4 Å². The van der Waals surface area contributed by atoms with E-state index in [4.69, 9.17) is 9.84 Å². The number of ether oxygens (including phenoxy) is 1. The topological polar surface area (TPSA) is 76.4 Å². The van der Waals surface area contributed by atoms with Gasteiger partial charge in [-0.3, -0.25) is 9.48 Å². The van der Waals surface area contributed by atoms with Gasteiger partial charge in [-0.05, 0) is 13.8 Å². The lowest BCUT2D eigenvalue weighted by atomic mass is 10.4.